The molecule has 0 aromatic heterocycles. The Balaban J connectivity index is 1.87. The highest BCUT2D eigenvalue weighted by Crippen LogP contribution is 2.25. The third-order valence-corrected chi connectivity index (χ3v) is 4.73. The standard InChI is InChI=1S/C20H30N2O3/c1-20(2,3)19(24)22-12-10-16(11-13-22)18(23)21(4)14-15-6-8-17(25-5)9-7-15/h6-9,16H,10-14H2,1-5H3. The zero-order valence-corrected chi connectivity index (χ0v) is 16.0. The second kappa shape index (κ2) is 7.89. The highest BCUT2D eigenvalue weighted by molar-refractivity contribution is 5.82. The van der Waals surface area contributed by atoms with Crippen molar-refractivity contribution in [3.8, 4) is 5.75 Å². The van der Waals surface area contributed by atoms with E-state index in [0.717, 1.165) is 24.2 Å². The SMILES string of the molecule is COc1ccc(CN(C)C(=O)C2CCN(C(=O)C(C)(C)C)CC2)cc1. The van der Waals surface area contributed by atoms with Gasteiger partial charge in [-0.3, -0.25) is 9.59 Å². The van der Waals surface area contributed by atoms with Crippen LogP contribution < -0.4 is 4.74 Å². The zero-order chi connectivity index (χ0) is 18.6. The minimum Gasteiger partial charge on any atom is -0.497 e. The van der Waals surface area contributed by atoms with Crippen molar-refractivity contribution in [3.63, 3.8) is 0 Å². The van der Waals surface area contributed by atoms with Gasteiger partial charge in [0.2, 0.25) is 11.8 Å². The van der Waals surface area contributed by atoms with Gasteiger partial charge in [-0.1, -0.05) is 32.9 Å². The van der Waals surface area contributed by atoms with Crippen molar-refractivity contribution in [1.29, 1.82) is 0 Å². The van der Waals surface area contributed by atoms with Crippen LogP contribution in [-0.2, 0) is 16.1 Å². The molecule has 2 amide bonds. The Morgan fingerprint density at radius 3 is 2.20 bits per heavy atom. The summed E-state index contributed by atoms with van der Waals surface area (Å²) in [4.78, 5) is 28.7. The van der Waals surface area contributed by atoms with Crippen LogP contribution in [0, 0.1) is 11.3 Å². The molecule has 25 heavy (non-hydrogen) atoms. The highest BCUT2D eigenvalue weighted by Gasteiger charge is 2.33. The van der Waals surface area contributed by atoms with Crippen molar-refractivity contribution >= 4 is 11.8 Å². The number of likely N-dealkylation sites (tertiary alicyclic amines) is 1. The molecule has 1 heterocycles. The Morgan fingerprint density at radius 1 is 1.16 bits per heavy atom. The van der Waals surface area contributed by atoms with E-state index >= 15 is 0 Å². The molecule has 0 unspecified atom stereocenters. The number of rotatable bonds is 4. The normalized spacial score (nSPS) is 15.8. The maximum absolute atomic E-state index is 12.7. The Labute approximate surface area is 150 Å². The van der Waals surface area contributed by atoms with Crippen LogP contribution in [0.25, 0.3) is 0 Å². The van der Waals surface area contributed by atoms with Gasteiger partial charge in [0.1, 0.15) is 5.75 Å². The molecule has 0 aliphatic carbocycles. The summed E-state index contributed by atoms with van der Waals surface area (Å²) in [5.41, 5.74) is 0.721. The summed E-state index contributed by atoms with van der Waals surface area (Å²) in [7, 11) is 3.49. The minimum absolute atomic E-state index is 0.00673. The molecular weight excluding hydrogens is 316 g/mol. The van der Waals surface area contributed by atoms with Gasteiger partial charge in [0.05, 0.1) is 7.11 Å². The molecule has 0 saturated carbocycles. The summed E-state index contributed by atoms with van der Waals surface area (Å²) in [6.45, 7) is 7.75. The number of hydrogen-bond donors (Lipinski definition) is 0. The second-order valence-corrected chi connectivity index (χ2v) is 7.86. The molecule has 1 saturated heterocycles. The number of carbonyl (C=O) groups is 2. The van der Waals surface area contributed by atoms with Gasteiger partial charge in [-0.25, -0.2) is 0 Å². The van der Waals surface area contributed by atoms with Crippen LogP contribution in [0.3, 0.4) is 0 Å². The lowest BCUT2D eigenvalue weighted by Gasteiger charge is -2.36. The van der Waals surface area contributed by atoms with E-state index < -0.39 is 0 Å². The lowest BCUT2D eigenvalue weighted by molar-refractivity contribution is -0.144. The Bertz CT molecular complexity index is 596. The Kier molecular flexibility index (Phi) is 6.09. The topological polar surface area (TPSA) is 49.9 Å². The molecule has 0 bridgehead atoms. The molecular formula is C20H30N2O3. The number of nitrogens with zero attached hydrogens (tertiary/aromatic N) is 2. The van der Waals surface area contributed by atoms with Crippen molar-refractivity contribution in [2.75, 3.05) is 27.2 Å². The van der Waals surface area contributed by atoms with E-state index in [9.17, 15) is 9.59 Å². The molecule has 5 heteroatoms. The van der Waals surface area contributed by atoms with E-state index in [1.165, 1.54) is 0 Å². The first-order valence-corrected chi connectivity index (χ1v) is 8.89. The zero-order valence-electron chi connectivity index (χ0n) is 16.0. The number of carbonyl (C=O) groups excluding carboxylic acids is 2. The first-order valence-electron chi connectivity index (χ1n) is 8.89. The fraction of sp³-hybridized carbons (Fsp3) is 0.600. The van der Waals surface area contributed by atoms with Gasteiger partial charge in [-0.2, -0.15) is 0 Å². The van der Waals surface area contributed by atoms with Crippen LogP contribution in [0.5, 0.6) is 5.75 Å². The van der Waals surface area contributed by atoms with Gasteiger partial charge >= 0.3 is 0 Å². The molecule has 1 aliphatic rings. The van der Waals surface area contributed by atoms with Gasteiger partial charge < -0.3 is 14.5 Å². The lowest BCUT2D eigenvalue weighted by atomic mass is 9.90. The average molecular weight is 346 g/mol. The molecule has 1 fully saturated rings. The van der Waals surface area contributed by atoms with E-state index in [-0.39, 0.29) is 23.1 Å². The fourth-order valence-corrected chi connectivity index (χ4v) is 3.20. The van der Waals surface area contributed by atoms with Crippen LogP contribution >= 0.6 is 0 Å². The minimum atomic E-state index is -0.359. The summed E-state index contributed by atoms with van der Waals surface area (Å²) in [5.74, 6) is 1.16. The molecule has 0 atom stereocenters. The number of hydrogen-bond acceptors (Lipinski definition) is 3. The van der Waals surface area contributed by atoms with E-state index in [4.69, 9.17) is 4.74 Å². The number of methoxy groups -OCH3 is 1. The molecule has 1 aromatic rings. The highest BCUT2D eigenvalue weighted by atomic mass is 16.5. The summed E-state index contributed by atoms with van der Waals surface area (Å²) in [6, 6.07) is 7.77. The summed E-state index contributed by atoms with van der Waals surface area (Å²) >= 11 is 0. The number of benzene rings is 1. The molecule has 0 radical (unpaired) electrons. The van der Waals surface area contributed by atoms with Crippen molar-refractivity contribution in [2.24, 2.45) is 11.3 Å². The van der Waals surface area contributed by atoms with E-state index in [1.54, 1.807) is 12.0 Å². The van der Waals surface area contributed by atoms with E-state index in [0.29, 0.717) is 19.6 Å². The smallest absolute Gasteiger partial charge is 0.227 e. The first kappa shape index (κ1) is 19.3. The molecule has 0 N–H and O–H groups in total. The van der Waals surface area contributed by atoms with Crippen molar-refractivity contribution in [3.05, 3.63) is 29.8 Å². The van der Waals surface area contributed by atoms with Crippen LogP contribution in [0.1, 0.15) is 39.2 Å². The fourth-order valence-electron chi connectivity index (χ4n) is 3.20. The van der Waals surface area contributed by atoms with Crippen LogP contribution in [-0.4, -0.2) is 48.9 Å². The van der Waals surface area contributed by atoms with Gasteiger partial charge in [-0.15, -0.1) is 0 Å². The summed E-state index contributed by atoms with van der Waals surface area (Å²) in [6.07, 6.45) is 1.49. The van der Waals surface area contributed by atoms with Crippen molar-refractivity contribution < 1.29 is 14.3 Å². The summed E-state index contributed by atoms with van der Waals surface area (Å²) in [5, 5.41) is 0. The van der Waals surface area contributed by atoms with Crippen LogP contribution in [0.15, 0.2) is 24.3 Å². The number of amides is 2. The van der Waals surface area contributed by atoms with Gasteiger partial charge in [0.25, 0.3) is 0 Å². The van der Waals surface area contributed by atoms with Gasteiger partial charge in [-0.05, 0) is 30.5 Å². The van der Waals surface area contributed by atoms with E-state index in [2.05, 4.69) is 0 Å². The molecule has 1 aliphatic heterocycles. The van der Waals surface area contributed by atoms with Crippen LogP contribution in [0.2, 0.25) is 0 Å². The molecule has 2 rings (SSSR count). The molecule has 1 aromatic carbocycles. The molecule has 138 valence electrons. The largest absolute Gasteiger partial charge is 0.497 e. The Morgan fingerprint density at radius 2 is 1.72 bits per heavy atom. The monoisotopic (exact) mass is 346 g/mol. The Hall–Kier alpha value is -2.04. The van der Waals surface area contributed by atoms with Crippen molar-refractivity contribution in [1.82, 2.24) is 9.80 Å². The van der Waals surface area contributed by atoms with Gasteiger partial charge in [0, 0.05) is 38.0 Å². The van der Waals surface area contributed by atoms with Gasteiger partial charge in [0.15, 0.2) is 0 Å². The second-order valence-electron chi connectivity index (χ2n) is 7.86. The molecule has 5 nitrogen and oxygen atoms in total. The lowest BCUT2D eigenvalue weighted by Crippen LogP contribution is -2.46. The first-order chi connectivity index (χ1) is 11.7. The predicted molar refractivity (Wildman–Crippen MR) is 98.2 cm³/mol. The average Bonchev–Trinajstić information content (AvgIpc) is 2.60. The maximum atomic E-state index is 12.7. The third kappa shape index (κ3) is 4.97. The number of ether oxygens (including phenoxy) is 1. The molecule has 0 spiro atoms. The number of piperidine rings is 1. The van der Waals surface area contributed by atoms with Crippen LogP contribution in [0.4, 0.5) is 0 Å². The predicted octanol–water partition coefficient (Wildman–Crippen LogP) is 2.94. The van der Waals surface area contributed by atoms with Crippen molar-refractivity contribution in [2.45, 2.75) is 40.2 Å². The maximum Gasteiger partial charge on any atom is 0.227 e. The third-order valence-electron chi connectivity index (χ3n) is 4.73. The summed E-state index contributed by atoms with van der Waals surface area (Å²) < 4.78 is 5.16. The quantitative estimate of drug-likeness (QED) is 0.842. The van der Waals surface area contributed by atoms with E-state index in [1.807, 2.05) is 57.0 Å².